The fourth-order valence-electron chi connectivity index (χ4n) is 0.690. The van der Waals surface area contributed by atoms with Crippen LogP contribution in [0.4, 0.5) is 5.95 Å². The summed E-state index contributed by atoms with van der Waals surface area (Å²) in [5.41, 5.74) is 18.2. The quantitative estimate of drug-likeness (QED) is 0.300. The summed E-state index contributed by atoms with van der Waals surface area (Å²) in [6.07, 6.45) is 1.43. The van der Waals surface area contributed by atoms with E-state index >= 15 is 0 Å². The summed E-state index contributed by atoms with van der Waals surface area (Å²) in [4.78, 5) is 6.32. The van der Waals surface area contributed by atoms with E-state index in [0.717, 1.165) is 0 Å². The third kappa shape index (κ3) is 2.75. The molecule has 13 heavy (non-hydrogen) atoms. The molecule has 0 fully saturated rings. The highest BCUT2D eigenvalue weighted by atomic mass is 15.5. The predicted molar refractivity (Wildman–Crippen MR) is 42.2 cm³/mol. The molecular formula is C4H6N9. The van der Waals surface area contributed by atoms with Gasteiger partial charge in [-0.2, -0.15) is 4.98 Å². The summed E-state index contributed by atoms with van der Waals surface area (Å²) in [6, 6.07) is 0. The van der Waals surface area contributed by atoms with Gasteiger partial charge in [0, 0.05) is 18.0 Å². The second-order valence-corrected chi connectivity index (χ2v) is 2.00. The van der Waals surface area contributed by atoms with Crippen LogP contribution in [0.2, 0.25) is 0 Å². The second-order valence-electron chi connectivity index (χ2n) is 2.00. The molecule has 0 unspecified atom stereocenters. The third-order valence-electron chi connectivity index (χ3n) is 1.18. The van der Waals surface area contributed by atoms with Crippen LogP contribution in [0.1, 0.15) is 0 Å². The van der Waals surface area contributed by atoms with Gasteiger partial charge in [-0.05, 0) is 16.3 Å². The van der Waals surface area contributed by atoms with E-state index < -0.39 is 0 Å². The van der Waals surface area contributed by atoms with Crippen LogP contribution in [-0.2, 0) is 6.54 Å². The van der Waals surface area contributed by atoms with Crippen LogP contribution >= 0.6 is 0 Å². The largest absolute Gasteiger partial charge is 0.263 e. The van der Waals surface area contributed by atoms with E-state index in [1.165, 1.54) is 11.0 Å². The van der Waals surface area contributed by atoms with Crippen molar-refractivity contribution in [1.29, 1.82) is 0 Å². The molecule has 1 aromatic heterocycles. The molecule has 1 radical (unpaired) electrons. The maximum absolute atomic E-state index is 8.10. The van der Waals surface area contributed by atoms with Crippen molar-refractivity contribution in [2.75, 3.05) is 12.0 Å². The average Bonchev–Trinajstić information content (AvgIpc) is 2.54. The van der Waals surface area contributed by atoms with Gasteiger partial charge in [-0.15, -0.1) is 5.10 Å². The van der Waals surface area contributed by atoms with Gasteiger partial charge in [0.25, 0.3) is 5.95 Å². The highest BCUT2D eigenvalue weighted by Crippen LogP contribution is 1.95. The second kappa shape index (κ2) is 4.67. The summed E-state index contributed by atoms with van der Waals surface area (Å²) < 4.78 is 1.46. The molecule has 0 aliphatic heterocycles. The van der Waals surface area contributed by atoms with E-state index in [0.29, 0.717) is 13.1 Å². The molecule has 1 N–H and O–H groups in total. The van der Waals surface area contributed by atoms with Crippen molar-refractivity contribution in [3.63, 3.8) is 0 Å². The third-order valence-corrected chi connectivity index (χ3v) is 1.18. The van der Waals surface area contributed by atoms with Crippen molar-refractivity contribution >= 4 is 5.95 Å². The summed E-state index contributed by atoms with van der Waals surface area (Å²) in [6.45, 7) is 0.736. The van der Waals surface area contributed by atoms with Crippen LogP contribution < -0.4 is 11.0 Å². The number of hydrogen-bond donors (Lipinski definition) is 1. The molecule has 9 heteroatoms. The van der Waals surface area contributed by atoms with Crippen LogP contribution in [0.5, 0.6) is 0 Å². The van der Waals surface area contributed by atoms with E-state index in [1.807, 2.05) is 0 Å². The zero-order chi connectivity index (χ0) is 9.52. The van der Waals surface area contributed by atoms with E-state index in [9.17, 15) is 0 Å². The lowest BCUT2D eigenvalue weighted by molar-refractivity contribution is 0.623. The molecule has 0 spiro atoms. The molecule has 0 saturated carbocycles. The van der Waals surface area contributed by atoms with E-state index in [4.69, 9.17) is 11.1 Å². The number of hydrogen-bond acceptors (Lipinski definition) is 4. The summed E-state index contributed by atoms with van der Waals surface area (Å²) in [5.74, 6) is 0.184. The van der Waals surface area contributed by atoms with Gasteiger partial charge in [-0.1, -0.05) is 5.11 Å². The summed E-state index contributed by atoms with van der Waals surface area (Å²) in [5, 5.41) is 9.80. The minimum atomic E-state index is 0.184. The molecular weight excluding hydrogens is 174 g/mol. The molecule has 0 atom stereocenters. The Balaban J connectivity index is 2.48. The lowest BCUT2D eigenvalue weighted by Crippen LogP contribution is -2.01. The monoisotopic (exact) mass is 180 g/mol. The van der Waals surface area contributed by atoms with Gasteiger partial charge >= 0.3 is 0 Å². The number of rotatable bonds is 5. The van der Waals surface area contributed by atoms with Crippen molar-refractivity contribution < 1.29 is 0 Å². The minimum absolute atomic E-state index is 0.184. The summed E-state index contributed by atoms with van der Waals surface area (Å²) >= 11 is 0. The van der Waals surface area contributed by atoms with E-state index in [-0.39, 0.29) is 5.95 Å². The first-order chi connectivity index (χ1) is 6.36. The molecule has 1 rings (SSSR count). The number of azide groups is 1. The molecule has 0 saturated heterocycles. The Bertz CT molecular complexity index is 320. The zero-order valence-corrected chi connectivity index (χ0v) is 6.57. The van der Waals surface area contributed by atoms with Crippen LogP contribution in [0.25, 0.3) is 10.4 Å². The minimum Gasteiger partial charge on any atom is -0.251 e. The van der Waals surface area contributed by atoms with Gasteiger partial charge in [-0.3, -0.25) is 4.68 Å². The average molecular weight is 180 g/mol. The van der Waals surface area contributed by atoms with Gasteiger partial charge in [0.2, 0.25) is 0 Å². The maximum atomic E-state index is 8.10. The first-order valence-corrected chi connectivity index (χ1v) is 3.37. The van der Waals surface area contributed by atoms with Crippen molar-refractivity contribution in [1.82, 2.24) is 20.3 Å². The Morgan fingerprint density at radius 3 is 3.31 bits per heavy atom. The number of nitrogens with zero attached hydrogens (tertiary/aromatic N) is 8. The van der Waals surface area contributed by atoms with Crippen LogP contribution in [0.15, 0.2) is 16.7 Å². The molecule has 0 aliphatic rings. The molecule has 0 bridgehead atoms. The fourth-order valence-corrected chi connectivity index (χ4v) is 0.690. The van der Waals surface area contributed by atoms with Crippen LogP contribution in [-0.4, -0.2) is 21.3 Å². The highest BCUT2D eigenvalue weighted by molar-refractivity contribution is 5.17. The molecule has 9 nitrogen and oxygen atoms in total. The van der Waals surface area contributed by atoms with Gasteiger partial charge in [0.15, 0.2) is 0 Å². The maximum Gasteiger partial charge on any atom is 0.263 e. The Morgan fingerprint density at radius 2 is 2.62 bits per heavy atom. The normalized spacial score (nSPS) is 8.92. The first-order valence-electron chi connectivity index (χ1n) is 3.37. The Labute approximate surface area is 72.9 Å². The first kappa shape index (κ1) is 8.94. The lowest BCUT2D eigenvalue weighted by Gasteiger charge is -1.92. The number of aromatic nitrogens is 3. The standard InChI is InChI=1S/C4H6N9/c5-11-8-1-2-13-3-7-4(10-13)9-12-6/h3H,1-2H2,(H,9,10). The Kier molecular flexibility index (Phi) is 3.21. The molecule has 1 heterocycles. The van der Waals surface area contributed by atoms with E-state index in [1.54, 1.807) is 0 Å². The molecule has 0 aromatic carbocycles. The molecule has 0 amide bonds. The van der Waals surface area contributed by atoms with Crippen molar-refractivity contribution in [2.45, 2.75) is 6.54 Å². The van der Waals surface area contributed by atoms with E-state index in [2.05, 4.69) is 30.8 Å². The van der Waals surface area contributed by atoms with Crippen LogP contribution in [0, 0.1) is 0 Å². The van der Waals surface area contributed by atoms with Crippen molar-refractivity contribution in [3.05, 3.63) is 16.8 Å². The van der Waals surface area contributed by atoms with Gasteiger partial charge in [-0.25, -0.2) is 5.43 Å². The Morgan fingerprint density at radius 1 is 1.77 bits per heavy atom. The Hall–Kier alpha value is -2.15. The smallest absolute Gasteiger partial charge is 0.251 e. The van der Waals surface area contributed by atoms with Crippen LogP contribution in [0.3, 0.4) is 0 Å². The van der Waals surface area contributed by atoms with Crippen molar-refractivity contribution in [3.8, 4) is 0 Å². The highest BCUT2D eigenvalue weighted by Gasteiger charge is 1.97. The molecule has 1 aromatic rings. The van der Waals surface area contributed by atoms with Crippen molar-refractivity contribution in [2.24, 2.45) is 10.3 Å². The number of nitrogens with one attached hydrogen (secondary N) is 1. The van der Waals surface area contributed by atoms with Gasteiger partial charge < -0.3 is 0 Å². The van der Waals surface area contributed by atoms with Gasteiger partial charge in [0.05, 0.1) is 0 Å². The molecule has 0 aliphatic carbocycles. The zero-order valence-electron chi connectivity index (χ0n) is 6.57. The lowest BCUT2D eigenvalue weighted by atomic mass is 10.7. The summed E-state index contributed by atoms with van der Waals surface area (Å²) in [7, 11) is 0. The molecule has 67 valence electrons. The predicted octanol–water partition coefficient (Wildman–Crippen LogP) is 0.168. The topological polar surface area (TPSA) is 126 Å². The van der Waals surface area contributed by atoms with Gasteiger partial charge in [0.1, 0.15) is 6.33 Å². The number of anilines is 1. The SMILES string of the molecule is [N]=NNc1ncn(CCN=[N+]=[N-])n1. The fraction of sp³-hybridized carbons (Fsp3) is 0.500.